The van der Waals surface area contributed by atoms with Gasteiger partial charge in [-0.1, -0.05) is 12.1 Å². The van der Waals surface area contributed by atoms with Crippen molar-refractivity contribution in [1.82, 2.24) is 14.5 Å². The second-order valence-electron chi connectivity index (χ2n) is 7.39. The number of piperazine rings is 1. The summed E-state index contributed by atoms with van der Waals surface area (Å²) in [6.07, 6.45) is 0. The van der Waals surface area contributed by atoms with Gasteiger partial charge in [0.25, 0.3) is 0 Å². The monoisotopic (exact) mass is 421 g/mol. The fraction of sp³-hybridized carbons (Fsp3) is 0.429. The van der Waals surface area contributed by atoms with Crippen LogP contribution in [-0.4, -0.2) is 65.1 Å². The van der Waals surface area contributed by atoms with Gasteiger partial charge in [0.05, 0.1) is 12.0 Å². The van der Waals surface area contributed by atoms with E-state index in [4.69, 9.17) is 4.74 Å². The number of likely N-dealkylation sites (N-methyl/N-ethyl adjacent to an activating group) is 1. The minimum atomic E-state index is -3.75. The van der Waals surface area contributed by atoms with Crippen molar-refractivity contribution in [1.29, 1.82) is 0 Å². The summed E-state index contributed by atoms with van der Waals surface area (Å²) in [4.78, 5) is 4.65. The minimum Gasteiger partial charge on any atom is -0.497 e. The van der Waals surface area contributed by atoms with Crippen LogP contribution in [0.3, 0.4) is 0 Å². The maximum absolute atomic E-state index is 13.4. The molecule has 158 valence electrons. The van der Waals surface area contributed by atoms with Crippen LogP contribution >= 0.6 is 0 Å². The molecule has 8 heteroatoms. The number of sulfonamides is 1. The molecule has 0 aliphatic carbocycles. The highest BCUT2D eigenvalue weighted by atomic mass is 32.2. The number of nitrogens with zero attached hydrogens (tertiary/aromatic N) is 2. The van der Waals surface area contributed by atoms with E-state index in [0.29, 0.717) is 5.56 Å². The molecule has 1 atom stereocenters. The molecule has 1 N–H and O–H groups in total. The lowest BCUT2D eigenvalue weighted by molar-refractivity contribution is 0.113. The molecule has 1 aliphatic heterocycles. The van der Waals surface area contributed by atoms with Gasteiger partial charge in [0, 0.05) is 38.8 Å². The predicted molar refractivity (Wildman–Crippen MR) is 111 cm³/mol. The highest BCUT2D eigenvalue weighted by molar-refractivity contribution is 7.89. The lowest BCUT2D eigenvalue weighted by atomic mass is 10.0. The van der Waals surface area contributed by atoms with Crippen LogP contribution in [0, 0.1) is 12.7 Å². The molecule has 1 fully saturated rings. The van der Waals surface area contributed by atoms with E-state index in [2.05, 4.69) is 21.6 Å². The first kappa shape index (κ1) is 21.7. The van der Waals surface area contributed by atoms with Crippen molar-refractivity contribution in [2.75, 3.05) is 46.9 Å². The highest BCUT2D eigenvalue weighted by Crippen LogP contribution is 2.25. The zero-order chi connectivity index (χ0) is 21.0. The van der Waals surface area contributed by atoms with Gasteiger partial charge in [-0.2, -0.15) is 0 Å². The normalized spacial score (nSPS) is 17.2. The summed E-state index contributed by atoms with van der Waals surface area (Å²) in [5, 5.41) is 0. The third-order valence-electron chi connectivity index (χ3n) is 5.37. The van der Waals surface area contributed by atoms with Gasteiger partial charge in [0.1, 0.15) is 11.6 Å². The lowest BCUT2D eigenvalue weighted by Gasteiger charge is -2.38. The molecule has 0 aromatic heterocycles. The van der Waals surface area contributed by atoms with Crippen LogP contribution < -0.4 is 9.46 Å². The molecule has 1 unspecified atom stereocenters. The van der Waals surface area contributed by atoms with Gasteiger partial charge in [-0.25, -0.2) is 17.5 Å². The standard InChI is InChI=1S/C21H28FN3O3S/c1-16-14-18(22)6-9-21(16)29(26,27)23-15-20(25-12-10-24(2)11-13-25)17-4-7-19(28-3)8-5-17/h4-9,14,20,23H,10-13,15H2,1-3H3. The number of hydrogen-bond acceptors (Lipinski definition) is 5. The molecule has 1 aliphatic rings. The number of ether oxygens (including phenoxy) is 1. The third kappa shape index (κ3) is 5.33. The third-order valence-corrected chi connectivity index (χ3v) is 6.96. The van der Waals surface area contributed by atoms with E-state index in [1.54, 1.807) is 14.0 Å². The summed E-state index contributed by atoms with van der Waals surface area (Å²) < 4.78 is 47.1. The Bertz CT molecular complexity index is 927. The van der Waals surface area contributed by atoms with E-state index in [1.165, 1.54) is 18.2 Å². The van der Waals surface area contributed by atoms with E-state index in [9.17, 15) is 12.8 Å². The Morgan fingerprint density at radius 3 is 2.34 bits per heavy atom. The van der Waals surface area contributed by atoms with Crippen molar-refractivity contribution in [2.45, 2.75) is 17.9 Å². The average Bonchev–Trinajstić information content (AvgIpc) is 2.69. The second kappa shape index (κ2) is 9.21. The number of nitrogens with one attached hydrogen (secondary N) is 1. The molecule has 3 rings (SSSR count). The van der Waals surface area contributed by atoms with Gasteiger partial charge in [-0.15, -0.1) is 0 Å². The number of rotatable bonds is 7. The van der Waals surface area contributed by atoms with Gasteiger partial charge >= 0.3 is 0 Å². The summed E-state index contributed by atoms with van der Waals surface area (Å²) in [5.41, 5.74) is 1.41. The first-order chi connectivity index (χ1) is 13.8. The van der Waals surface area contributed by atoms with E-state index in [0.717, 1.165) is 37.5 Å². The molecule has 0 bridgehead atoms. The Hall–Kier alpha value is -2.00. The molecule has 2 aromatic carbocycles. The summed E-state index contributed by atoms with van der Waals surface area (Å²) in [5.74, 6) is 0.309. The molecule has 29 heavy (non-hydrogen) atoms. The molecule has 2 aromatic rings. The maximum atomic E-state index is 13.4. The van der Waals surface area contributed by atoms with Crippen LogP contribution in [-0.2, 0) is 10.0 Å². The molecular weight excluding hydrogens is 393 g/mol. The fourth-order valence-electron chi connectivity index (χ4n) is 3.60. The minimum absolute atomic E-state index is 0.103. The summed E-state index contributed by atoms with van der Waals surface area (Å²) in [7, 11) is -0.0512. The molecule has 0 radical (unpaired) electrons. The number of benzene rings is 2. The van der Waals surface area contributed by atoms with E-state index in [-0.39, 0.29) is 17.5 Å². The first-order valence-electron chi connectivity index (χ1n) is 9.62. The topological polar surface area (TPSA) is 61.9 Å². The maximum Gasteiger partial charge on any atom is 0.240 e. The molecule has 6 nitrogen and oxygen atoms in total. The van der Waals surface area contributed by atoms with Crippen molar-refractivity contribution in [2.24, 2.45) is 0 Å². The Labute approximate surface area is 172 Å². The molecule has 0 spiro atoms. The van der Waals surface area contributed by atoms with Crippen LogP contribution in [0.1, 0.15) is 17.2 Å². The van der Waals surface area contributed by atoms with Crippen LogP contribution in [0.2, 0.25) is 0 Å². The van der Waals surface area contributed by atoms with Gasteiger partial charge in [0.15, 0.2) is 0 Å². The van der Waals surface area contributed by atoms with E-state index in [1.807, 2.05) is 24.3 Å². The van der Waals surface area contributed by atoms with Gasteiger partial charge in [-0.3, -0.25) is 4.90 Å². The molecule has 1 saturated heterocycles. The van der Waals surface area contributed by atoms with E-state index < -0.39 is 15.8 Å². The van der Waals surface area contributed by atoms with Crippen LogP contribution in [0.5, 0.6) is 5.75 Å². The van der Waals surface area contributed by atoms with Crippen molar-refractivity contribution in [3.05, 3.63) is 59.4 Å². The SMILES string of the molecule is COc1ccc(C(CNS(=O)(=O)c2ccc(F)cc2C)N2CCN(C)CC2)cc1. The van der Waals surface area contributed by atoms with Gasteiger partial charge < -0.3 is 9.64 Å². The second-order valence-corrected chi connectivity index (χ2v) is 9.13. The fourth-order valence-corrected chi connectivity index (χ4v) is 4.86. The number of aryl methyl sites for hydroxylation is 1. The predicted octanol–water partition coefficient (Wildman–Crippen LogP) is 2.41. The van der Waals surface area contributed by atoms with Gasteiger partial charge in [0.2, 0.25) is 10.0 Å². The zero-order valence-electron chi connectivity index (χ0n) is 17.1. The Morgan fingerprint density at radius 2 is 1.76 bits per heavy atom. The van der Waals surface area contributed by atoms with Crippen LogP contribution in [0.25, 0.3) is 0 Å². The Balaban J connectivity index is 1.82. The van der Waals surface area contributed by atoms with Gasteiger partial charge in [-0.05, 0) is 55.4 Å². The van der Waals surface area contributed by atoms with Crippen molar-refractivity contribution in [3.8, 4) is 5.75 Å². The summed E-state index contributed by atoms with van der Waals surface area (Å²) >= 11 is 0. The van der Waals surface area contributed by atoms with Crippen molar-refractivity contribution < 1.29 is 17.5 Å². The average molecular weight is 422 g/mol. The van der Waals surface area contributed by atoms with Crippen molar-refractivity contribution >= 4 is 10.0 Å². The van der Waals surface area contributed by atoms with E-state index >= 15 is 0 Å². The molecule has 0 saturated carbocycles. The number of methoxy groups -OCH3 is 1. The Morgan fingerprint density at radius 1 is 1.10 bits per heavy atom. The zero-order valence-corrected chi connectivity index (χ0v) is 17.9. The van der Waals surface area contributed by atoms with Crippen molar-refractivity contribution in [3.63, 3.8) is 0 Å². The first-order valence-corrected chi connectivity index (χ1v) is 11.1. The highest BCUT2D eigenvalue weighted by Gasteiger charge is 2.26. The smallest absolute Gasteiger partial charge is 0.240 e. The quantitative estimate of drug-likeness (QED) is 0.744. The molecular formula is C21H28FN3O3S. The van der Waals surface area contributed by atoms with Crippen LogP contribution in [0.4, 0.5) is 4.39 Å². The molecule has 1 heterocycles. The number of halogens is 1. The summed E-state index contributed by atoms with van der Waals surface area (Å²) in [6, 6.07) is 11.3. The molecule has 0 amide bonds. The lowest BCUT2D eigenvalue weighted by Crippen LogP contribution is -2.48. The van der Waals surface area contributed by atoms with Crippen LogP contribution in [0.15, 0.2) is 47.4 Å². The number of hydrogen-bond donors (Lipinski definition) is 1. The Kier molecular flexibility index (Phi) is 6.89. The summed E-state index contributed by atoms with van der Waals surface area (Å²) in [6.45, 7) is 5.39. The largest absolute Gasteiger partial charge is 0.497 e.